The van der Waals surface area contributed by atoms with E-state index in [0.717, 1.165) is 22.8 Å². The van der Waals surface area contributed by atoms with Gasteiger partial charge in [-0.25, -0.2) is 0 Å². The number of nitrogens with one attached hydrogen (secondary N) is 2. The Morgan fingerprint density at radius 3 is 2.77 bits per heavy atom. The predicted octanol–water partition coefficient (Wildman–Crippen LogP) is 2.63. The first-order chi connectivity index (χ1) is 6.25. The molecule has 1 aliphatic rings. The molecular weight excluding hydrogens is 180 g/mol. The molecule has 68 valence electrons. The molecule has 0 saturated heterocycles. The first kappa shape index (κ1) is 8.51. The summed E-state index contributed by atoms with van der Waals surface area (Å²) < 4.78 is 0. The second-order valence-electron chi connectivity index (χ2n) is 3.34. The van der Waals surface area contributed by atoms with E-state index in [1.807, 2.05) is 18.2 Å². The highest BCUT2D eigenvalue weighted by Crippen LogP contribution is 2.25. The van der Waals surface area contributed by atoms with Crippen molar-refractivity contribution < 1.29 is 0 Å². The Labute approximate surface area is 83.3 Å². The van der Waals surface area contributed by atoms with Crippen molar-refractivity contribution in [3.8, 4) is 0 Å². The lowest BCUT2D eigenvalue weighted by Gasteiger charge is -2.10. The fourth-order valence-corrected chi connectivity index (χ4v) is 1.87. The average Bonchev–Trinajstić information content (AvgIpc) is 2.20. The van der Waals surface area contributed by atoms with Crippen molar-refractivity contribution >= 4 is 28.6 Å². The maximum absolute atomic E-state index is 5.19. The van der Waals surface area contributed by atoms with Gasteiger partial charge < -0.3 is 10.6 Å². The van der Waals surface area contributed by atoms with Crippen LogP contribution in [0.4, 0.5) is 11.4 Å². The van der Waals surface area contributed by atoms with Gasteiger partial charge in [0.2, 0.25) is 0 Å². The molecule has 2 N–H and O–H groups in total. The zero-order chi connectivity index (χ0) is 9.26. The van der Waals surface area contributed by atoms with E-state index in [1.54, 1.807) is 0 Å². The van der Waals surface area contributed by atoms with Gasteiger partial charge in [-0.1, -0.05) is 24.4 Å². The zero-order valence-corrected chi connectivity index (χ0v) is 8.32. The molecular formula is C10H12N2S. The molecule has 0 aromatic heterocycles. The van der Waals surface area contributed by atoms with Gasteiger partial charge in [-0.05, 0) is 19.1 Å². The van der Waals surface area contributed by atoms with Crippen LogP contribution >= 0.6 is 12.2 Å². The van der Waals surface area contributed by atoms with Gasteiger partial charge in [-0.3, -0.25) is 0 Å². The number of para-hydroxylation sites is 2. The molecule has 13 heavy (non-hydrogen) atoms. The summed E-state index contributed by atoms with van der Waals surface area (Å²) in [7, 11) is 0. The standard InChI is InChI=1S/C10H12N2S/c1-7-6-10(13)12-9-5-3-2-4-8(9)11-7/h2-5,7,11H,6H2,1H3,(H,12,13)/t7-/m1/s1. The summed E-state index contributed by atoms with van der Waals surface area (Å²) >= 11 is 5.19. The summed E-state index contributed by atoms with van der Waals surface area (Å²) in [6.45, 7) is 2.14. The van der Waals surface area contributed by atoms with Crippen LogP contribution in [0.3, 0.4) is 0 Å². The number of benzene rings is 1. The minimum absolute atomic E-state index is 0.406. The normalized spacial score (nSPS) is 21.0. The summed E-state index contributed by atoms with van der Waals surface area (Å²) in [5.41, 5.74) is 2.21. The zero-order valence-electron chi connectivity index (χ0n) is 7.50. The van der Waals surface area contributed by atoms with Gasteiger partial charge in [-0.2, -0.15) is 0 Å². The molecule has 0 amide bonds. The van der Waals surface area contributed by atoms with Crippen LogP contribution in [0.1, 0.15) is 13.3 Å². The molecule has 1 heterocycles. The predicted molar refractivity (Wildman–Crippen MR) is 60.4 cm³/mol. The van der Waals surface area contributed by atoms with Crippen LogP contribution in [0.15, 0.2) is 24.3 Å². The molecule has 0 bridgehead atoms. The molecule has 1 aromatic rings. The summed E-state index contributed by atoms with van der Waals surface area (Å²) in [5, 5.41) is 6.62. The van der Waals surface area contributed by atoms with E-state index in [0.29, 0.717) is 6.04 Å². The minimum Gasteiger partial charge on any atom is -0.380 e. The van der Waals surface area contributed by atoms with Crippen LogP contribution in [0.5, 0.6) is 0 Å². The molecule has 0 radical (unpaired) electrons. The summed E-state index contributed by atoms with van der Waals surface area (Å²) in [6, 6.07) is 8.53. The van der Waals surface area contributed by atoms with E-state index >= 15 is 0 Å². The fourth-order valence-electron chi connectivity index (χ4n) is 1.51. The van der Waals surface area contributed by atoms with E-state index in [9.17, 15) is 0 Å². The van der Waals surface area contributed by atoms with Crippen molar-refractivity contribution in [2.75, 3.05) is 10.6 Å². The molecule has 0 saturated carbocycles. The number of hydrogen-bond acceptors (Lipinski definition) is 2. The Hall–Kier alpha value is -1.09. The van der Waals surface area contributed by atoms with Gasteiger partial charge in [0.15, 0.2) is 0 Å². The summed E-state index contributed by atoms with van der Waals surface area (Å²) in [4.78, 5) is 0.907. The molecule has 0 fully saturated rings. The monoisotopic (exact) mass is 192 g/mol. The third-order valence-corrected chi connectivity index (χ3v) is 2.36. The third kappa shape index (κ3) is 1.80. The maximum atomic E-state index is 5.19. The van der Waals surface area contributed by atoms with Crippen molar-refractivity contribution in [2.24, 2.45) is 0 Å². The topological polar surface area (TPSA) is 24.1 Å². The van der Waals surface area contributed by atoms with Crippen LogP contribution in [-0.2, 0) is 0 Å². The first-order valence-corrected chi connectivity index (χ1v) is 4.82. The highest BCUT2D eigenvalue weighted by atomic mass is 32.1. The van der Waals surface area contributed by atoms with Crippen LogP contribution < -0.4 is 10.6 Å². The van der Waals surface area contributed by atoms with Gasteiger partial charge in [0, 0.05) is 12.5 Å². The lowest BCUT2D eigenvalue weighted by atomic mass is 10.2. The van der Waals surface area contributed by atoms with E-state index < -0.39 is 0 Å². The minimum atomic E-state index is 0.406. The quantitative estimate of drug-likeness (QED) is 0.618. The van der Waals surface area contributed by atoms with Crippen molar-refractivity contribution in [2.45, 2.75) is 19.4 Å². The summed E-state index contributed by atoms with van der Waals surface area (Å²) in [5.74, 6) is 0. The molecule has 1 aliphatic heterocycles. The lowest BCUT2D eigenvalue weighted by Crippen LogP contribution is -2.17. The molecule has 0 unspecified atom stereocenters. The molecule has 0 spiro atoms. The van der Waals surface area contributed by atoms with Gasteiger partial charge in [0.1, 0.15) is 0 Å². The van der Waals surface area contributed by atoms with E-state index in [2.05, 4.69) is 23.6 Å². The fraction of sp³-hybridized carbons (Fsp3) is 0.300. The maximum Gasteiger partial charge on any atom is 0.0818 e. The smallest absolute Gasteiger partial charge is 0.0818 e. The number of fused-ring (bicyclic) bond motifs is 1. The van der Waals surface area contributed by atoms with Crippen molar-refractivity contribution in [3.63, 3.8) is 0 Å². The third-order valence-electron chi connectivity index (χ3n) is 2.09. The Balaban J connectivity index is 2.38. The van der Waals surface area contributed by atoms with E-state index in [4.69, 9.17) is 12.2 Å². The van der Waals surface area contributed by atoms with E-state index in [1.165, 1.54) is 0 Å². The Bertz CT molecular complexity index is 335. The van der Waals surface area contributed by atoms with E-state index in [-0.39, 0.29) is 0 Å². The summed E-state index contributed by atoms with van der Waals surface area (Å²) in [6.07, 6.45) is 0.893. The first-order valence-electron chi connectivity index (χ1n) is 4.41. The molecule has 1 atom stereocenters. The van der Waals surface area contributed by atoms with Gasteiger partial charge in [-0.15, -0.1) is 0 Å². The van der Waals surface area contributed by atoms with Crippen molar-refractivity contribution in [1.29, 1.82) is 0 Å². The number of thiocarbonyl (C=S) groups is 1. The Morgan fingerprint density at radius 2 is 2.00 bits per heavy atom. The highest BCUT2D eigenvalue weighted by Gasteiger charge is 2.13. The van der Waals surface area contributed by atoms with Gasteiger partial charge in [0.25, 0.3) is 0 Å². The lowest BCUT2D eigenvalue weighted by molar-refractivity contribution is 0.849. The number of hydrogen-bond donors (Lipinski definition) is 2. The van der Waals surface area contributed by atoms with Gasteiger partial charge in [0.05, 0.1) is 16.4 Å². The number of anilines is 2. The second-order valence-corrected chi connectivity index (χ2v) is 3.84. The largest absolute Gasteiger partial charge is 0.380 e. The number of rotatable bonds is 0. The van der Waals surface area contributed by atoms with Crippen molar-refractivity contribution in [1.82, 2.24) is 0 Å². The molecule has 0 aliphatic carbocycles. The molecule has 1 aromatic carbocycles. The second kappa shape index (κ2) is 3.34. The van der Waals surface area contributed by atoms with Crippen molar-refractivity contribution in [3.05, 3.63) is 24.3 Å². The molecule has 2 nitrogen and oxygen atoms in total. The van der Waals surface area contributed by atoms with Crippen LogP contribution in [0.25, 0.3) is 0 Å². The van der Waals surface area contributed by atoms with Crippen LogP contribution in [0, 0.1) is 0 Å². The highest BCUT2D eigenvalue weighted by molar-refractivity contribution is 7.80. The van der Waals surface area contributed by atoms with Crippen LogP contribution in [0.2, 0.25) is 0 Å². The van der Waals surface area contributed by atoms with Crippen LogP contribution in [-0.4, -0.2) is 11.0 Å². The molecule has 2 rings (SSSR count). The average molecular weight is 192 g/mol. The SMILES string of the molecule is C[C@@H]1CC(=S)Nc2ccccc2N1. The Kier molecular flexibility index (Phi) is 2.19. The Morgan fingerprint density at radius 1 is 1.31 bits per heavy atom. The van der Waals surface area contributed by atoms with Gasteiger partial charge >= 0.3 is 0 Å². The molecule has 3 heteroatoms.